The lowest BCUT2D eigenvalue weighted by Gasteiger charge is -2.31. The van der Waals surface area contributed by atoms with E-state index in [0.29, 0.717) is 0 Å². The monoisotopic (exact) mass is 251 g/mol. The fourth-order valence-electron chi connectivity index (χ4n) is 1.87. The molecule has 0 aliphatic carbocycles. The second kappa shape index (κ2) is 7.21. The summed E-state index contributed by atoms with van der Waals surface area (Å²) in [4.78, 5) is 4.22. The molecule has 0 saturated carbocycles. The van der Waals surface area contributed by atoms with Crippen molar-refractivity contribution in [2.45, 2.75) is 45.6 Å². The summed E-state index contributed by atoms with van der Waals surface area (Å²) in [6.45, 7) is 7.37. The number of hydrogen-bond donors (Lipinski definition) is 3. The average Bonchev–Trinajstić information content (AvgIpc) is 2.43. The number of rotatable bonds is 8. The molecule has 0 aliphatic rings. The third-order valence-corrected chi connectivity index (χ3v) is 3.38. The number of hydrogen-bond acceptors (Lipinski definition) is 4. The van der Waals surface area contributed by atoms with Crippen molar-refractivity contribution in [1.82, 2.24) is 4.98 Å². The first kappa shape index (κ1) is 14.8. The highest BCUT2D eigenvalue weighted by molar-refractivity contribution is 5.55. The Kier molecular flexibility index (Phi) is 5.92. The molecule has 1 rings (SSSR count). The Morgan fingerprint density at radius 3 is 2.39 bits per heavy atom. The molecule has 0 bridgehead atoms. The van der Waals surface area contributed by atoms with Crippen molar-refractivity contribution in [2.24, 2.45) is 0 Å². The van der Waals surface area contributed by atoms with E-state index in [9.17, 15) is 5.11 Å². The van der Waals surface area contributed by atoms with Gasteiger partial charge in [0, 0.05) is 6.54 Å². The Morgan fingerprint density at radius 1 is 1.17 bits per heavy atom. The topological polar surface area (TPSA) is 57.2 Å². The van der Waals surface area contributed by atoms with Gasteiger partial charge in [-0.2, -0.15) is 0 Å². The largest absolute Gasteiger partial charge is 0.394 e. The maximum atomic E-state index is 9.55. The van der Waals surface area contributed by atoms with E-state index >= 15 is 0 Å². The van der Waals surface area contributed by atoms with Gasteiger partial charge >= 0.3 is 0 Å². The van der Waals surface area contributed by atoms with Gasteiger partial charge in [0.1, 0.15) is 0 Å². The van der Waals surface area contributed by atoms with Crippen molar-refractivity contribution in [3.63, 3.8) is 0 Å². The Morgan fingerprint density at radius 2 is 1.83 bits per heavy atom. The van der Waals surface area contributed by atoms with Crippen LogP contribution in [0.3, 0.4) is 0 Å². The summed E-state index contributed by atoms with van der Waals surface area (Å²) in [5.74, 6) is 0. The standard InChI is InChI=1S/C14H25N3O/c1-4-7-16-12-8-13(10-15-9-12)17-14(5-2,6-3)11-18/h8-10,16-18H,4-7,11H2,1-3H3. The zero-order valence-corrected chi connectivity index (χ0v) is 11.7. The van der Waals surface area contributed by atoms with Gasteiger partial charge in [0.15, 0.2) is 0 Å². The molecule has 102 valence electrons. The lowest BCUT2D eigenvalue weighted by atomic mass is 9.93. The minimum atomic E-state index is -0.245. The number of aromatic nitrogens is 1. The van der Waals surface area contributed by atoms with E-state index < -0.39 is 0 Å². The quantitative estimate of drug-likeness (QED) is 0.665. The van der Waals surface area contributed by atoms with Gasteiger partial charge < -0.3 is 15.7 Å². The van der Waals surface area contributed by atoms with E-state index in [1.165, 1.54) is 0 Å². The van der Waals surface area contributed by atoms with E-state index in [0.717, 1.165) is 37.2 Å². The molecule has 0 unspecified atom stereocenters. The number of anilines is 2. The summed E-state index contributed by atoms with van der Waals surface area (Å²) in [6, 6.07) is 2.04. The number of aliphatic hydroxyl groups excluding tert-OH is 1. The van der Waals surface area contributed by atoms with E-state index in [4.69, 9.17) is 0 Å². The summed E-state index contributed by atoms with van der Waals surface area (Å²) in [6.07, 6.45) is 6.47. The fourth-order valence-corrected chi connectivity index (χ4v) is 1.87. The van der Waals surface area contributed by atoms with Crippen LogP contribution in [0.2, 0.25) is 0 Å². The van der Waals surface area contributed by atoms with Crippen molar-refractivity contribution in [3.05, 3.63) is 18.5 Å². The molecule has 0 atom stereocenters. The Hall–Kier alpha value is -1.29. The first-order valence-electron chi connectivity index (χ1n) is 6.77. The lowest BCUT2D eigenvalue weighted by Crippen LogP contribution is -2.40. The van der Waals surface area contributed by atoms with Crippen LogP contribution in [0.15, 0.2) is 18.5 Å². The van der Waals surface area contributed by atoms with Crippen LogP contribution in [0.4, 0.5) is 11.4 Å². The Balaban J connectivity index is 2.77. The number of nitrogens with zero attached hydrogens (tertiary/aromatic N) is 1. The van der Waals surface area contributed by atoms with Gasteiger partial charge in [-0.25, -0.2) is 0 Å². The molecule has 18 heavy (non-hydrogen) atoms. The van der Waals surface area contributed by atoms with E-state index in [2.05, 4.69) is 36.4 Å². The molecular formula is C14H25N3O. The number of pyridine rings is 1. The van der Waals surface area contributed by atoms with Crippen LogP contribution >= 0.6 is 0 Å². The molecule has 0 saturated heterocycles. The van der Waals surface area contributed by atoms with E-state index in [1.54, 1.807) is 6.20 Å². The van der Waals surface area contributed by atoms with E-state index in [1.807, 2.05) is 12.3 Å². The summed E-state index contributed by atoms with van der Waals surface area (Å²) in [5.41, 5.74) is 1.72. The molecule has 1 heterocycles. The fraction of sp³-hybridized carbons (Fsp3) is 0.643. The minimum absolute atomic E-state index is 0.132. The van der Waals surface area contributed by atoms with Crippen LogP contribution in [0, 0.1) is 0 Å². The maximum absolute atomic E-state index is 9.55. The molecule has 1 aromatic rings. The van der Waals surface area contributed by atoms with Crippen molar-refractivity contribution >= 4 is 11.4 Å². The smallest absolute Gasteiger partial charge is 0.0661 e. The Bertz CT molecular complexity index is 342. The molecule has 0 amide bonds. The summed E-state index contributed by atoms with van der Waals surface area (Å²) in [5, 5.41) is 16.3. The minimum Gasteiger partial charge on any atom is -0.394 e. The highest BCUT2D eigenvalue weighted by Crippen LogP contribution is 2.23. The Labute approximate surface area is 110 Å². The maximum Gasteiger partial charge on any atom is 0.0661 e. The van der Waals surface area contributed by atoms with Crippen LogP contribution in [0.25, 0.3) is 0 Å². The van der Waals surface area contributed by atoms with Crippen molar-refractivity contribution in [3.8, 4) is 0 Å². The molecule has 0 spiro atoms. The molecule has 3 N–H and O–H groups in total. The predicted octanol–water partition coefficient (Wildman–Crippen LogP) is 2.87. The zero-order valence-electron chi connectivity index (χ0n) is 11.7. The van der Waals surface area contributed by atoms with Crippen LogP contribution < -0.4 is 10.6 Å². The van der Waals surface area contributed by atoms with Gasteiger partial charge in [-0.05, 0) is 25.3 Å². The SMILES string of the molecule is CCCNc1cncc(NC(CC)(CC)CO)c1. The third-order valence-electron chi connectivity index (χ3n) is 3.38. The van der Waals surface area contributed by atoms with E-state index in [-0.39, 0.29) is 12.1 Å². The summed E-state index contributed by atoms with van der Waals surface area (Å²) in [7, 11) is 0. The summed E-state index contributed by atoms with van der Waals surface area (Å²) >= 11 is 0. The number of nitrogens with one attached hydrogen (secondary N) is 2. The van der Waals surface area contributed by atoms with Gasteiger partial charge in [0.2, 0.25) is 0 Å². The number of aliphatic hydroxyl groups is 1. The van der Waals surface area contributed by atoms with Crippen molar-refractivity contribution in [2.75, 3.05) is 23.8 Å². The average molecular weight is 251 g/mol. The molecule has 0 fully saturated rings. The van der Waals surface area contributed by atoms with Crippen LogP contribution in [-0.4, -0.2) is 28.8 Å². The van der Waals surface area contributed by atoms with Crippen molar-refractivity contribution in [1.29, 1.82) is 0 Å². The first-order chi connectivity index (χ1) is 8.69. The van der Waals surface area contributed by atoms with Crippen LogP contribution in [-0.2, 0) is 0 Å². The molecule has 0 aromatic carbocycles. The molecular weight excluding hydrogens is 226 g/mol. The molecule has 0 aliphatic heterocycles. The highest BCUT2D eigenvalue weighted by atomic mass is 16.3. The predicted molar refractivity (Wildman–Crippen MR) is 77.0 cm³/mol. The molecule has 1 aromatic heterocycles. The van der Waals surface area contributed by atoms with Gasteiger partial charge in [0.25, 0.3) is 0 Å². The normalized spacial score (nSPS) is 11.3. The molecule has 4 heteroatoms. The zero-order chi connectivity index (χ0) is 13.4. The second-order valence-corrected chi connectivity index (χ2v) is 4.66. The molecule has 4 nitrogen and oxygen atoms in total. The van der Waals surface area contributed by atoms with Crippen LogP contribution in [0.5, 0.6) is 0 Å². The first-order valence-corrected chi connectivity index (χ1v) is 6.77. The third kappa shape index (κ3) is 3.88. The van der Waals surface area contributed by atoms with Gasteiger partial charge in [-0.1, -0.05) is 20.8 Å². The highest BCUT2D eigenvalue weighted by Gasteiger charge is 2.24. The second-order valence-electron chi connectivity index (χ2n) is 4.66. The van der Waals surface area contributed by atoms with Gasteiger partial charge in [0.05, 0.1) is 35.9 Å². The van der Waals surface area contributed by atoms with Gasteiger partial charge in [-0.15, -0.1) is 0 Å². The van der Waals surface area contributed by atoms with Crippen LogP contribution in [0.1, 0.15) is 40.0 Å². The molecule has 0 radical (unpaired) electrons. The van der Waals surface area contributed by atoms with Gasteiger partial charge in [-0.3, -0.25) is 4.98 Å². The lowest BCUT2D eigenvalue weighted by molar-refractivity contribution is 0.202. The summed E-state index contributed by atoms with van der Waals surface area (Å²) < 4.78 is 0. The van der Waals surface area contributed by atoms with Crippen molar-refractivity contribution < 1.29 is 5.11 Å².